The number of aryl methyl sites for hydroxylation is 1. The molecule has 3 nitrogen and oxygen atoms in total. The summed E-state index contributed by atoms with van der Waals surface area (Å²) in [5.74, 6) is 0.713. The maximum atomic E-state index is 9.05. The molecule has 0 aliphatic heterocycles. The monoisotopic (exact) mass is 365 g/mol. The zero-order valence-corrected chi connectivity index (χ0v) is 12.7. The van der Waals surface area contributed by atoms with Gasteiger partial charge in [0, 0.05) is 15.1 Å². The summed E-state index contributed by atoms with van der Waals surface area (Å²) in [6, 6.07) is 9.53. The van der Waals surface area contributed by atoms with Crippen LogP contribution in [-0.2, 0) is 0 Å². The molecule has 2 aromatic rings. The zero-order chi connectivity index (χ0) is 13.1. The number of rotatable bonds is 2. The first kappa shape index (κ1) is 13.1. The molecule has 0 radical (unpaired) electrons. The van der Waals surface area contributed by atoms with E-state index in [9.17, 15) is 0 Å². The lowest BCUT2D eigenvalue weighted by molar-refractivity contribution is 1.25. The minimum absolute atomic E-state index is 0.584. The molecule has 18 heavy (non-hydrogen) atoms. The van der Waals surface area contributed by atoms with Gasteiger partial charge < -0.3 is 5.32 Å². The largest absolute Gasteiger partial charge is 0.339 e. The van der Waals surface area contributed by atoms with E-state index in [2.05, 4.69) is 48.2 Å². The molecule has 0 aliphatic rings. The van der Waals surface area contributed by atoms with Crippen LogP contribution in [0, 0.1) is 18.3 Å². The third kappa shape index (κ3) is 2.89. The highest BCUT2D eigenvalue weighted by Crippen LogP contribution is 2.25. The second-order valence-electron chi connectivity index (χ2n) is 3.75. The van der Waals surface area contributed by atoms with Gasteiger partial charge in [0.2, 0.25) is 0 Å². The van der Waals surface area contributed by atoms with Crippen molar-refractivity contribution in [3.8, 4) is 6.07 Å². The zero-order valence-electron chi connectivity index (χ0n) is 9.54. The molecule has 0 saturated heterocycles. The van der Waals surface area contributed by atoms with E-state index in [-0.39, 0.29) is 0 Å². The molecule has 0 amide bonds. The number of halogens is 2. The van der Waals surface area contributed by atoms with Gasteiger partial charge in [0.05, 0.1) is 11.3 Å². The van der Waals surface area contributed by atoms with Gasteiger partial charge in [0.1, 0.15) is 11.9 Å². The molecule has 1 N–H and O–H groups in total. The van der Waals surface area contributed by atoms with E-state index in [1.165, 1.54) is 0 Å². The topological polar surface area (TPSA) is 48.7 Å². The Kier molecular flexibility index (Phi) is 4.00. The van der Waals surface area contributed by atoms with Crippen LogP contribution in [0.1, 0.15) is 11.1 Å². The summed E-state index contributed by atoms with van der Waals surface area (Å²) in [5, 5.41) is 12.2. The number of benzene rings is 1. The quantitative estimate of drug-likeness (QED) is 0.849. The van der Waals surface area contributed by atoms with Crippen LogP contribution in [0.3, 0.4) is 0 Å². The maximum absolute atomic E-state index is 9.05. The van der Waals surface area contributed by atoms with Crippen LogP contribution < -0.4 is 5.32 Å². The van der Waals surface area contributed by atoms with E-state index < -0.39 is 0 Å². The van der Waals surface area contributed by atoms with Crippen LogP contribution in [0.2, 0.25) is 0 Å². The van der Waals surface area contributed by atoms with Gasteiger partial charge in [-0.2, -0.15) is 5.26 Å². The van der Waals surface area contributed by atoms with Crippen molar-refractivity contribution < 1.29 is 0 Å². The van der Waals surface area contributed by atoms with E-state index in [0.29, 0.717) is 11.4 Å². The number of nitrogens with one attached hydrogen (secondary N) is 1. The SMILES string of the molecule is Cc1cc(Nc2cc(Br)ccc2C#N)ncc1Br. The van der Waals surface area contributed by atoms with E-state index in [1.54, 1.807) is 12.3 Å². The molecule has 0 saturated carbocycles. The first-order valence-corrected chi connectivity index (χ1v) is 6.77. The van der Waals surface area contributed by atoms with Crippen molar-refractivity contribution in [2.75, 3.05) is 5.32 Å². The van der Waals surface area contributed by atoms with E-state index >= 15 is 0 Å². The molecular formula is C13H9Br2N3. The summed E-state index contributed by atoms with van der Waals surface area (Å²) in [6.07, 6.45) is 1.74. The molecule has 2 rings (SSSR count). The van der Waals surface area contributed by atoms with Gasteiger partial charge in [-0.25, -0.2) is 4.98 Å². The summed E-state index contributed by atoms with van der Waals surface area (Å²) in [5.41, 5.74) is 2.41. The summed E-state index contributed by atoms with van der Waals surface area (Å²) < 4.78 is 1.88. The van der Waals surface area contributed by atoms with Crippen molar-refractivity contribution in [2.45, 2.75) is 6.92 Å². The molecule has 0 atom stereocenters. The Morgan fingerprint density at radius 2 is 2.06 bits per heavy atom. The molecule has 0 unspecified atom stereocenters. The number of pyridine rings is 1. The van der Waals surface area contributed by atoms with Crippen molar-refractivity contribution in [2.24, 2.45) is 0 Å². The van der Waals surface area contributed by atoms with Crippen LogP contribution in [0.4, 0.5) is 11.5 Å². The van der Waals surface area contributed by atoms with Crippen molar-refractivity contribution in [1.29, 1.82) is 5.26 Å². The van der Waals surface area contributed by atoms with Crippen LogP contribution in [-0.4, -0.2) is 4.98 Å². The molecule has 5 heteroatoms. The van der Waals surface area contributed by atoms with Crippen LogP contribution in [0.5, 0.6) is 0 Å². The van der Waals surface area contributed by atoms with E-state index in [0.717, 1.165) is 20.2 Å². The number of nitrogens with zero attached hydrogens (tertiary/aromatic N) is 2. The average Bonchev–Trinajstić information content (AvgIpc) is 2.34. The first-order valence-electron chi connectivity index (χ1n) is 5.19. The van der Waals surface area contributed by atoms with Gasteiger partial charge in [-0.3, -0.25) is 0 Å². The van der Waals surface area contributed by atoms with Crippen molar-refractivity contribution in [3.05, 3.63) is 50.5 Å². The van der Waals surface area contributed by atoms with E-state index in [4.69, 9.17) is 5.26 Å². The number of anilines is 2. The minimum atomic E-state index is 0.584. The van der Waals surface area contributed by atoms with Gasteiger partial charge >= 0.3 is 0 Å². The molecular weight excluding hydrogens is 358 g/mol. The fourth-order valence-electron chi connectivity index (χ4n) is 1.46. The smallest absolute Gasteiger partial charge is 0.130 e. The maximum Gasteiger partial charge on any atom is 0.130 e. The lowest BCUT2D eigenvalue weighted by Crippen LogP contribution is -1.96. The lowest BCUT2D eigenvalue weighted by Gasteiger charge is -2.09. The third-order valence-corrected chi connectivity index (χ3v) is 3.74. The lowest BCUT2D eigenvalue weighted by atomic mass is 10.2. The van der Waals surface area contributed by atoms with Crippen molar-refractivity contribution in [1.82, 2.24) is 4.98 Å². The second kappa shape index (κ2) is 5.51. The Morgan fingerprint density at radius 1 is 1.28 bits per heavy atom. The van der Waals surface area contributed by atoms with Crippen LogP contribution in [0.15, 0.2) is 39.4 Å². The van der Waals surface area contributed by atoms with Gasteiger partial charge in [-0.1, -0.05) is 15.9 Å². The molecule has 0 bridgehead atoms. The molecule has 0 spiro atoms. The summed E-state index contributed by atoms with van der Waals surface area (Å²) in [4.78, 5) is 4.26. The number of aromatic nitrogens is 1. The Hall–Kier alpha value is -1.38. The Balaban J connectivity index is 2.36. The van der Waals surface area contributed by atoms with Crippen molar-refractivity contribution >= 4 is 43.4 Å². The van der Waals surface area contributed by atoms with Gasteiger partial charge in [-0.05, 0) is 52.7 Å². The minimum Gasteiger partial charge on any atom is -0.339 e. The van der Waals surface area contributed by atoms with Gasteiger partial charge in [-0.15, -0.1) is 0 Å². The molecule has 1 heterocycles. The molecule has 0 fully saturated rings. The Labute approximate surface area is 122 Å². The van der Waals surface area contributed by atoms with E-state index in [1.807, 2.05) is 25.1 Å². The average molecular weight is 367 g/mol. The number of nitriles is 1. The fraction of sp³-hybridized carbons (Fsp3) is 0.0769. The van der Waals surface area contributed by atoms with Gasteiger partial charge in [0.15, 0.2) is 0 Å². The highest BCUT2D eigenvalue weighted by atomic mass is 79.9. The summed E-state index contributed by atoms with van der Waals surface area (Å²) >= 11 is 6.79. The Bertz CT molecular complexity index is 633. The third-order valence-electron chi connectivity index (χ3n) is 2.41. The molecule has 1 aromatic carbocycles. The predicted octanol–water partition coefficient (Wildman–Crippen LogP) is 4.53. The molecule has 1 aromatic heterocycles. The standard InChI is InChI=1S/C13H9Br2N3/c1-8-4-13(17-7-11(8)15)18-12-5-10(14)3-2-9(12)6-16/h2-5,7H,1H3,(H,17,18). The second-order valence-corrected chi connectivity index (χ2v) is 5.52. The summed E-state index contributed by atoms with van der Waals surface area (Å²) in [6.45, 7) is 1.99. The van der Waals surface area contributed by atoms with Crippen LogP contribution >= 0.6 is 31.9 Å². The highest BCUT2D eigenvalue weighted by molar-refractivity contribution is 9.10. The Morgan fingerprint density at radius 3 is 2.72 bits per heavy atom. The van der Waals surface area contributed by atoms with Gasteiger partial charge in [0.25, 0.3) is 0 Å². The number of hydrogen-bond acceptors (Lipinski definition) is 3. The predicted molar refractivity (Wildman–Crippen MR) is 78.8 cm³/mol. The fourth-order valence-corrected chi connectivity index (χ4v) is 2.04. The molecule has 90 valence electrons. The van der Waals surface area contributed by atoms with Crippen molar-refractivity contribution in [3.63, 3.8) is 0 Å². The highest BCUT2D eigenvalue weighted by Gasteiger charge is 2.05. The first-order chi connectivity index (χ1) is 8.60. The number of hydrogen-bond donors (Lipinski definition) is 1. The van der Waals surface area contributed by atoms with Crippen LogP contribution in [0.25, 0.3) is 0 Å². The normalized spacial score (nSPS) is 9.89. The molecule has 0 aliphatic carbocycles. The summed E-state index contributed by atoms with van der Waals surface area (Å²) in [7, 11) is 0.